The second-order valence-corrected chi connectivity index (χ2v) is 32.8. The van der Waals surface area contributed by atoms with Crippen molar-refractivity contribution < 1.29 is 28.7 Å². The number of para-hydroxylation sites is 2. The molecule has 538 valence electrons. The van der Waals surface area contributed by atoms with E-state index in [1.165, 1.54) is 105 Å². The Morgan fingerprint density at radius 2 is 0.852 bits per heavy atom. The molecule has 0 aliphatic carbocycles. The lowest BCUT2D eigenvalue weighted by Crippen LogP contribution is -2.22. The van der Waals surface area contributed by atoms with Gasteiger partial charge in [0.15, 0.2) is 24.0 Å². The zero-order valence-corrected chi connectivity index (χ0v) is 64.8. The fourth-order valence-corrected chi connectivity index (χ4v) is 17.8. The molecule has 6 aromatic carbocycles. The lowest BCUT2D eigenvalue weighted by Gasteiger charge is -2.05. The van der Waals surface area contributed by atoms with Crippen molar-refractivity contribution >= 4 is 243 Å². The number of benzene rings is 6. The molecule has 0 saturated carbocycles. The highest BCUT2D eigenvalue weighted by Crippen LogP contribution is 2.41. The maximum Gasteiger partial charge on any atom is 0.298 e. The first-order valence-corrected chi connectivity index (χ1v) is 39.8. The number of carbonyl (C=O) groups is 5. The number of Topliss-reactive ketones (excluding diaryl/α,β-unsaturated/α-hetero) is 1. The van der Waals surface area contributed by atoms with Crippen molar-refractivity contribution in [2.45, 2.75) is 56.7 Å². The van der Waals surface area contributed by atoms with Crippen LogP contribution in [-0.2, 0) is 14.4 Å². The third kappa shape index (κ3) is 20.3. The number of carbonyl (C=O) groups excluding carboxylic acids is 5. The van der Waals surface area contributed by atoms with Gasteiger partial charge in [-0.25, -0.2) is 0 Å². The molecule has 108 heavy (non-hydrogen) atoms. The third-order valence-corrected chi connectivity index (χ3v) is 23.4. The monoisotopic (exact) mass is 1660 g/mol. The SMILES string of the molecule is CCCC(=O)Nc1nnc(Sc2ccnc3cc(Cl)ccc23)s1.O=C(COc1ccccc1)Nc1nnc(Sc2ccnc3cc(Cl)ccc23)s1.O=C(Nc1nnc(Sc2ccnc3cc(Cl)ccc23)s1)C(=O)c1c[nH]c2ccccc12.O=C(Nc1nnc(Sc2ccnc3cc(Cl)ccc23)s1)c1cccnc1. The van der Waals surface area contributed by atoms with Crippen molar-refractivity contribution in [3.05, 3.63) is 238 Å². The Bertz CT molecular complexity index is 5940. The summed E-state index contributed by atoms with van der Waals surface area (Å²) in [6.07, 6.45) is 12.8. The number of anilines is 4. The van der Waals surface area contributed by atoms with Gasteiger partial charge in [0.2, 0.25) is 26.4 Å². The van der Waals surface area contributed by atoms with Gasteiger partial charge in [-0.05, 0) is 110 Å². The maximum absolute atomic E-state index is 12.6. The third-order valence-electron chi connectivity index (χ3n) is 14.6. The number of hydrogen-bond acceptors (Lipinski definition) is 27. The summed E-state index contributed by atoms with van der Waals surface area (Å²) in [6.45, 7) is 1.86. The average Bonchev–Trinajstić information content (AvgIpc) is 1.36. The predicted octanol–water partition coefficient (Wildman–Crippen LogP) is 19.3. The number of aromatic nitrogens is 14. The van der Waals surface area contributed by atoms with E-state index < -0.39 is 11.7 Å². The zero-order chi connectivity index (χ0) is 74.9. The molecular formula is C72H48Cl4N18O6S8. The molecular weight excluding hydrogens is 1610 g/mol. The number of fused-ring (bicyclic) bond motifs is 5. The van der Waals surface area contributed by atoms with Crippen LogP contribution >= 0.6 is 139 Å². The highest BCUT2D eigenvalue weighted by Gasteiger charge is 2.23. The Kier molecular flexibility index (Phi) is 25.8. The van der Waals surface area contributed by atoms with Gasteiger partial charge in [-0.1, -0.05) is 206 Å². The van der Waals surface area contributed by atoms with E-state index in [2.05, 4.69) is 92.0 Å². The van der Waals surface area contributed by atoms with Gasteiger partial charge < -0.3 is 15.0 Å². The second-order valence-electron chi connectivity index (χ2n) is 22.0. The van der Waals surface area contributed by atoms with Gasteiger partial charge in [0.1, 0.15) is 5.75 Å². The van der Waals surface area contributed by atoms with Gasteiger partial charge in [-0.3, -0.25) is 64.8 Å². The van der Waals surface area contributed by atoms with Gasteiger partial charge in [0.25, 0.3) is 23.5 Å². The molecule has 0 spiro atoms. The Hall–Kier alpha value is -10.2. The number of aromatic amines is 1. The number of pyridine rings is 5. The van der Waals surface area contributed by atoms with E-state index in [9.17, 15) is 24.0 Å². The van der Waals surface area contributed by atoms with Gasteiger partial charge in [-0.2, -0.15) is 0 Å². The number of nitrogens with one attached hydrogen (secondary N) is 5. The smallest absolute Gasteiger partial charge is 0.298 e. The van der Waals surface area contributed by atoms with Crippen LogP contribution in [0.25, 0.3) is 54.5 Å². The Morgan fingerprint density at radius 1 is 0.435 bits per heavy atom. The van der Waals surface area contributed by atoms with Gasteiger partial charge >= 0.3 is 0 Å². The Balaban J connectivity index is 0.000000128. The fraction of sp³-hybridized carbons (Fsp3) is 0.0556. The molecule has 0 aliphatic rings. The summed E-state index contributed by atoms with van der Waals surface area (Å²) >= 11 is 35.1. The molecule has 16 aromatic rings. The summed E-state index contributed by atoms with van der Waals surface area (Å²) in [5.41, 5.74) is 4.82. The number of nitrogens with zero attached hydrogens (tertiary/aromatic N) is 13. The van der Waals surface area contributed by atoms with Crippen LogP contribution in [0.4, 0.5) is 20.5 Å². The van der Waals surface area contributed by atoms with Crippen LogP contribution in [0, 0.1) is 0 Å². The molecule has 10 aromatic heterocycles. The number of rotatable bonds is 20. The van der Waals surface area contributed by atoms with Crippen LogP contribution in [0.5, 0.6) is 5.75 Å². The quantitative estimate of drug-likeness (QED) is 0.0269. The van der Waals surface area contributed by atoms with Crippen LogP contribution in [0.1, 0.15) is 40.5 Å². The first-order chi connectivity index (χ1) is 52.6. The van der Waals surface area contributed by atoms with E-state index in [4.69, 9.17) is 51.1 Å². The van der Waals surface area contributed by atoms with Crippen LogP contribution in [0.2, 0.25) is 20.1 Å². The highest BCUT2D eigenvalue weighted by molar-refractivity contribution is 8.02. The normalized spacial score (nSPS) is 10.9. The van der Waals surface area contributed by atoms with E-state index in [-0.39, 0.29) is 29.5 Å². The van der Waals surface area contributed by atoms with Crippen molar-refractivity contribution in [2.75, 3.05) is 27.9 Å². The standard InChI is InChI=1S/C21H12ClN5O2S2.C19H13ClN4O2S2.C17H10ClN5OS2.C15H13ClN4OS2/c22-11-5-6-13-16(9-11)23-8-7-17(13)30-21-27-26-20(31-21)25-19(29)18(28)14-10-24-15-4-2-1-3-12(14)15;20-12-6-7-14-15(10-12)21-9-8-16(14)27-19-24-23-18(28-19)22-17(25)11-26-13-4-2-1-3-5-13;18-11-3-4-12-13(8-11)20-7-5-14(12)25-17-23-22-16(26-17)21-15(24)10-2-1-6-19-9-10;1-2-3-13(21)18-14-19-20-15(23-14)22-12-6-7-17-11-8-9(16)4-5-10(11)12/h1-10,24H,(H,25,26,29);1-10H,11H2,(H,22,23,25);1-9H,(H,21,22,24);4-8H,2-3H2,1H3,(H,18,19,21). The summed E-state index contributed by atoms with van der Waals surface area (Å²) in [5.74, 6) is -1.37. The molecule has 4 amide bonds. The number of H-pyrrole nitrogens is 1. The summed E-state index contributed by atoms with van der Waals surface area (Å²) in [7, 11) is 0. The van der Waals surface area contributed by atoms with Crippen molar-refractivity contribution in [1.82, 2.24) is 70.7 Å². The Morgan fingerprint density at radius 3 is 1.29 bits per heavy atom. The molecule has 0 fully saturated rings. The molecule has 24 nitrogen and oxygen atoms in total. The lowest BCUT2D eigenvalue weighted by atomic mass is 10.1. The van der Waals surface area contributed by atoms with Crippen LogP contribution in [0.3, 0.4) is 0 Å². The van der Waals surface area contributed by atoms with Gasteiger partial charge in [-0.15, -0.1) is 40.8 Å². The minimum Gasteiger partial charge on any atom is -0.484 e. The molecule has 0 atom stereocenters. The van der Waals surface area contributed by atoms with Crippen LogP contribution in [0.15, 0.2) is 244 Å². The van der Waals surface area contributed by atoms with Crippen molar-refractivity contribution in [1.29, 1.82) is 0 Å². The van der Waals surface area contributed by atoms with Crippen molar-refractivity contribution in [3.63, 3.8) is 0 Å². The van der Waals surface area contributed by atoms with E-state index in [1.54, 1.807) is 73.4 Å². The topological polar surface area (TPSA) is 326 Å². The number of ketones is 1. The number of hydrogen-bond donors (Lipinski definition) is 5. The molecule has 0 radical (unpaired) electrons. The molecule has 10 heterocycles. The Labute approximate surface area is 665 Å². The molecule has 0 saturated heterocycles. The summed E-state index contributed by atoms with van der Waals surface area (Å²) in [5, 5.41) is 52.1. The largest absolute Gasteiger partial charge is 0.484 e. The number of ether oxygens (including phenoxy) is 1. The van der Waals surface area contributed by atoms with Crippen molar-refractivity contribution in [3.8, 4) is 5.75 Å². The lowest BCUT2D eigenvalue weighted by molar-refractivity contribution is -0.118. The molecule has 36 heteroatoms. The average molecular weight is 1660 g/mol. The predicted molar refractivity (Wildman–Crippen MR) is 431 cm³/mol. The minimum absolute atomic E-state index is 0.0378. The first kappa shape index (κ1) is 76.0. The van der Waals surface area contributed by atoms with E-state index in [1.807, 2.05) is 128 Å². The van der Waals surface area contributed by atoms with E-state index in [0.717, 1.165) is 79.5 Å². The number of amides is 4. The van der Waals surface area contributed by atoms with Crippen molar-refractivity contribution in [2.24, 2.45) is 0 Å². The summed E-state index contributed by atoms with van der Waals surface area (Å²) in [4.78, 5) is 89.0. The van der Waals surface area contributed by atoms with E-state index >= 15 is 0 Å². The highest BCUT2D eigenvalue weighted by atomic mass is 35.5. The summed E-state index contributed by atoms with van der Waals surface area (Å²) < 4.78 is 8.23. The fourth-order valence-electron chi connectivity index (χ4n) is 9.75. The maximum atomic E-state index is 12.6. The van der Waals surface area contributed by atoms with Crippen LogP contribution < -0.4 is 26.0 Å². The summed E-state index contributed by atoms with van der Waals surface area (Å²) in [6, 6.07) is 49.7. The second kappa shape index (κ2) is 36.6. The zero-order valence-electron chi connectivity index (χ0n) is 55.3. The molecule has 0 unspecified atom stereocenters. The molecule has 5 N–H and O–H groups in total. The minimum atomic E-state index is -0.763. The van der Waals surface area contributed by atoms with Gasteiger partial charge in [0.05, 0.1) is 33.2 Å². The first-order valence-electron chi connectivity index (χ1n) is 31.7. The van der Waals surface area contributed by atoms with Gasteiger partial charge in [0, 0.05) is 122 Å². The molecule has 16 rings (SSSR count). The van der Waals surface area contributed by atoms with Crippen LogP contribution in [-0.4, -0.2) is 107 Å². The molecule has 0 bridgehead atoms. The van der Waals surface area contributed by atoms with E-state index in [0.29, 0.717) is 77.2 Å². The molecule has 0 aliphatic heterocycles. The number of halogens is 4.